The number of nitrogens with zero attached hydrogens (tertiary/aromatic N) is 1. The Balaban J connectivity index is 1.86. The number of esters is 1. The Labute approximate surface area is 85.4 Å². The topological polar surface area (TPSA) is 29.5 Å². The second-order valence-electron chi connectivity index (χ2n) is 4.33. The van der Waals surface area contributed by atoms with E-state index in [0.29, 0.717) is 19.1 Å². The van der Waals surface area contributed by atoms with Crippen LogP contribution in [0.2, 0.25) is 0 Å². The minimum atomic E-state index is -0.00565. The van der Waals surface area contributed by atoms with Crippen molar-refractivity contribution in [3.63, 3.8) is 0 Å². The van der Waals surface area contributed by atoms with E-state index in [-0.39, 0.29) is 5.97 Å². The van der Waals surface area contributed by atoms with Crippen molar-refractivity contribution in [2.45, 2.75) is 44.6 Å². The molecule has 0 aliphatic carbocycles. The Kier molecular flexibility index (Phi) is 3.40. The van der Waals surface area contributed by atoms with Gasteiger partial charge in [0.2, 0.25) is 0 Å². The Morgan fingerprint density at radius 2 is 1.93 bits per heavy atom. The van der Waals surface area contributed by atoms with Crippen LogP contribution in [-0.4, -0.2) is 36.6 Å². The molecule has 0 bridgehead atoms. The monoisotopic (exact) mass is 197 g/mol. The second-order valence-corrected chi connectivity index (χ2v) is 4.33. The quantitative estimate of drug-likeness (QED) is 0.598. The van der Waals surface area contributed by atoms with E-state index in [0.717, 1.165) is 6.42 Å². The molecule has 0 saturated carbocycles. The third-order valence-corrected chi connectivity index (χ3v) is 3.26. The van der Waals surface area contributed by atoms with Crippen molar-refractivity contribution in [1.82, 2.24) is 4.90 Å². The van der Waals surface area contributed by atoms with Crippen molar-refractivity contribution in [2.75, 3.05) is 19.7 Å². The lowest BCUT2D eigenvalue weighted by atomic mass is 10.1. The summed E-state index contributed by atoms with van der Waals surface area (Å²) in [5.41, 5.74) is 0. The molecule has 2 rings (SSSR count). The number of cyclic esters (lactones) is 1. The van der Waals surface area contributed by atoms with Crippen LogP contribution in [0.4, 0.5) is 0 Å². The number of likely N-dealkylation sites (tertiary alicyclic amines) is 1. The van der Waals surface area contributed by atoms with Crippen LogP contribution in [-0.2, 0) is 9.53 Å². The van der Waals surface area contributed by atoms with E-state index in [9.17, 15) is 4.79 Å². The molecule has 1 unspecified atom stereocenters. The van der Waals surface area contributed by atoms with Gasteiger partial charge in [-0.3, -0.25) is 9.69 Å². The lowest BCUT2D eigenvalue weighted by Crippen LogP contribution is -2.38. The fraction of sp³-hybridized carbons (Fsp3) is 0.909. The first kappa shape index (κ1) is 9.97. The molecule has 0 radical (unpaired) electrons. The van der Waals surface area contributed by atoms with Gasteiger partial charge in [0, 0.05) is 12.5 Å². The molecular weight excluding hydrogens is 178 g/mol. The van der Waals surface area contributed by atoms with E-state index in [1.54, 1.807) is 0 Å². The lowest BCUT2D eigenvalue weighted by Gasteiger charge is -2.28. The van der Waals surface area contributed by atoms with Gasteiger partial charge in [0.25, 0.3) is 0 Å². The number of hydrogen-bond donors (Lipinski definition) is 0. The summed E-state index contributed by atoms with van der Waals surface area (Å²) in [6, 6.07) is 0.502. The minimum Gasteiger partial charge on any atom is -0.464 e. The van der Waals surface area contributed by atoms with Gasteiger partial charge in [-0.05, 0) is 38.8 Å². The average Bonchev–Trinajstić information content (AvgIpc) is 2.65. The normalized spacial score (nSPS) is 30.9. The van der Waals surface area contributed by atoms with E-state index in [4.69, 9.17) is 4.74 Å². The van der Waals surface area contributed by atoms with Gasteiger partial charge < -0.3 is 4.74 Å². The predicted octanol–water partition coefficient (Wildman–Crippen LogP) is 1.57. The van der Waals surface area contributed by atoms with E-state index in [2.05, 4.69) is 4.90 Å². The van der Waals surface area contributed by atoms with Gasteiger partial charge in [-0.25, -0.2) is 0 Å². The van der Waals surface area contributed by atoms with E-state index >= 15 is 0 Å². The first-order valence-electron chi connectivity index (χ1n) is 5.76. The highest BCUT2D eigenvalue weighted by atomic mass is 16.5. The van der Waals surface area contributed by atoms with Gasteiger partial charge in [-0.2, -0.15) is 0 Å². The van der Waals surface area contributed by atoms with Crippen molar-refractivity contribution in [3.05, 3.63) is 0 Å². The number of hydrogen-bond acceptors (Lipinski definition) is 3. The largest absolute Gasteiger partial charge is 0.464 e. The highest BCUT2D eigenvalue weighted by Gasteiger charge is 2.24. The highest BCUT2D eigenvalue weighted by Crippen LogP contribution is 2.19. The van der Waals surface area contributed by atoms with Crippen LogP contribution in [0.3, 0.4) is 0 Å². The lowest BCUT2D eigenvalue weighted by molar-refractivity contribution is -0.146. The molecule has 0 spiro atoms. The fourth-order valence-corrected chi connectivity index (χ4v) is 2.39. The molecule has 0 amide bonds. The first-order valence-corrected chi connectivity index (χ1v) is 5.76. The van der Waals surface area contributed by atoms with Crippen molar-refractivity contribution in [3.8, 4) is 0 Å². The number of ether oxygens (including phenoxy) is 1. The molecule has 0 N–H and O–H groups in total. The van der Waals surface area contributed by atoms with E-state index in [1.807, 2.05) is 0 Å². The third kappa shape index (κ3) is 2.47. The zero-order valence-electron chi connectivity index (χ0n) is 8.71. The molecular formula is C11H19NO2. The Morgan fingerprint density at radius 3 is 2.71 bits per heavy atom. The zero-order chi connectivity index (χ0) is 9.80. The molecule has 80 valence electrons. The molecule has 0 aromatic carbocycles. The molecule has 2 saturated heterocycles. The summed E-state index contributed by atoms with van der Waals surface area (Å²) in [7, 11) is 0. The summed E-state index contributed by atoms with van der Waals surface area (Å²) < 4.78 is 5.23. The smallest absolute Gasteiger partial charge is 0.305 e. The van der Waals surface area contributed by atoms with Crippen molar-refractivity contribution >= 4 is 5.97 Å². The number of carbonyl (C=O) groups excluding carboxylic acids is 1. The summed E-state index contributed by atoms with van der Waals surface area (Å²) in [5, 5.41) is 0. The molecule has 1 atom stereocenters. The standard InChI is InChI=1S/C11H19NO2/c13-11-6-2-1-5-10(9-14-11)12-7-3-4-8-12/h10H,1-9H2. The molecule has 0 aromatic heterocycles. The Bertz CT molecular complexity index is 199. The highest BCUT2D eigenvalue weighted by molar-refractivity contribution is 5.69. The van der Waals surface area contributed by atoms with Gasteiger partial charge in [0.1, 0.15) is 6.61 Å². The van der Waals surface area contributed by atoms with E-state index < -0.39 is 0 Å². The molecule has 3 nitrogen and oxygen atoms in total. The maximum absolute atomic E-state index is 11.2. The zero-order valence-corrected chi connectivity index (χ0v) is 8.71. The minimum absolute atomic E-state index is 0.00565. The number of rotatable bonds is 1. The summed E-state index contributed by atoms with van der Waals surface area (Å²) in [4.78, 5) is 13.6. The molecule has 2 aliphatic heterocycles. The van der Waals surface area contributed by atoms with Gasteiger partial charge in [-0.1, -0.05) is 6.42 Å². The first-order chi connectivity index (χ1) is 6.86. The van der Waals surface area contributed by atoms with Crippen LogP contribution in [0.15, 0.2) is 0 Å². The molecule has 2 fully saturated rings. The summed E-state index contributed by atoms with van der Waals surface area (Å²) in [6.45, 7) is 3.02. The van der Waals surface area contributed by atoms with Crippen molar-refractivity contribution < 1.29 is 9.53 Å². The molecule has 14 heavy (non-hydrogen) atoms. The fourth-order valence-electron chi connectivity index (χ4n) is 2.39. The summed E-state index contributed by atoms with van der Waals surface area (Å²) in [5.74, 6) is -0.00565. The Hall–Kier alpha value is -0.570. The SMILES string of the molecule is O=C1CCCCC(N2CCCC2)CO1. The van der Waals surface area contributed by atoms with Crippen molar-refractivity contribution in [2.24, 2.45) is 0 Å². The maximum Gasteiger partial charge on any atom is 0.305 e. The van der Waals surface area contributed by atoms with Crippen LogP contribution in [0.1, 0.15) is 38.5 Å². The van der Waals surface area contributed by atoms with Crippen LogP contribution in [0.5, 0.6) is 0 Å². The van der Waals surface area contributed by atoms with Crippen LogP contribution in [0, 0.1) is 0 Å². The van der Waals surface area contributed by atoms with Crippen LogP contribution in [0.25, 0.3) is 0 Å². The van der Waals surface area contributed by atoms with E-state index in [1.165, 1.54) is 38.8 Å². The summed E-state index contributed by atoms with van der Waals surface area (Å²) in [6.07, 6.45) is 6.62. The maximum atomic E-state index is 11.2. The molecule has 0 aromatic rings. The predicted molar refractivity (Wildman–Crippen MR) is 54.0 cm³/mol. The van der Waals surface area contributed by atoms with Gasteiger partial charge in [0.05, 0.1) is 0 Å². The third-order valence-electron chi connectivity index (χ3n) is 3.26. The number of carbonyl (C=O) groups is 1. The van der Waals surface area contributed by atoms with Crippen molar-refractivity contribution in [1.29, 1.82) is 0 Å². The molecule has 2 aliphatic rings. The van der Waals surface area contributed by atoms with Gasteiger partial charge >= 0.3 is 5.97 Å². The summed E-state index contributed by atoms with van der Waals surface area (Å²) >= 11 is 0. The van der Waals surface area contributed by atoms with Crippen LogP contribution < -0.4 is 0 Å². The molecule has 3 heteroatoms. The molecule has 2 heterocycles. The van der Waals surface area contributed by atoms with Gasteiger partial charge in [-0.15, -0.1) is 0 Å². The van der Waals surface area contributed by atoms with Crippen LogP contribution >= 0.6 is 0 Å². The Morgan fingerprint density at radius 1 is 1.14 bits per heavy atom. The average molecular weight is 197 g/mol. The second kappa shape index (κ2) is 4.78. The van der Waals surface area contributed by atoms with Gasteiger partial charge in [0.15, 0.2) is 0 Å².